The molecular weight excluding hydrogens is 229 g/mol. The first-order valence-electron chi connectivity index (χ1n) is 6.13. The first kappa shape index (κ1) is 12.8. The highest BCUT2D eigenvalue weighted by atomic mass is 19.1. The monoisotopic (exact) mass is 247 g/mol. The molecule has 4 heteroatoms. The minimum Gasteiger partial charge on any atom is -0.316 e. The molecule has 0 spiro atoms. The molecule has 0 aliphatic heterocycles. The molecule has 0 amide bonds. The predicted octanol–water partition coefficient (Wildman–Crippen LogP) is 2.74. The van der Waals surface area contributed by atoms with Crippen LogP contribution in [0, 0.1) is 12.7 Å². The van der Waals surface area contributed by atoms with Crippen LogP contribution in [-0.2, 0) is 13.1 Å². The minimum absolute atomic E-state index is 0.204. The number of rotatable bonds is 4. The predicted molar refractivity (Wildman–Crippen MR) is 70.8 cm³/mol. The molecular formula is C14H18FN3. The van der Waals surface area contributed by atoms with E-state index in [1.165, 1.54) is 6.07 Å². The van der Waals surface area contributed by atoms with Crippen molar-refractivity contribution in [2.24, 2.45) is 0 Å². The van der Waals surface area contributed by atoms with Crippen LogP contribution in [0.5, 0.6) is 0 Å². The van der Waals surface area contributed by atoms with Crippen molar-refractivity contribution >= 4 is 0 Å². The molecule has 1 aromatic carbocycles. The van der Waals surface area contributed by atoms with Gasteiger partial charge in [-0.15, -0.1) is 0 Å². The molecule has 18 heavy (non-hydrogen) atoms. The van der Waals surface area contributed by atoms with Crippen molar-refractivity contribution < 1.29 is 4.39 Å². The van der Waals surface area contributed by atoms with E-state index in [0.717, 1.165) is 28.9 Å². The maximum absolute atomic E-state index is 13.3. The lowest BCUT2D eigenvalue weighted by atomic mass is 10.0. The zero-order valence-corrected chi connectivity index (χ0v) is 11.0. The van der Waals surface area contributed by atoms with Crippen molar-refractivity contribution in [2.75, 3.05) is 7.05 Å². The third kappa shape index (κ3) is 2.43. The molecule has 1 aromatic heterocycles. The van der Waals surface area contributed by atoms with E-state index in [4.69, 9.17) is 0 Å². The Balaban J connectivity index is 2.51. The average molecular weight is 247 g/mol. The summed E-state index contributed by atoms with van der Waals surface area (Å²) in [6.45, 7) is 5.51. The van der Waals surface area contributed by atoms with Crippen LogP contribution in [0.3, 0.4) is 0 Å². The maximum Gasteiger partial charge on any atom is 0.123 e. The molecule has 96 valence electrons. The summed E-state index contributed by atoms with van der Waals surface area (Å²) < 4.78 is 15.2. The van der Waals surface area contributed by atoms with Crippen molar-refractivity contribution in [3.63, 3.8) is 0 Å². The maximum atomic E-state index is 13.3. The highest BCUT2D eigenvalue weighted by molar-refractivity contribution is 5.68. The van der Waals surface area contributed by atoms with E-state index in [9.17, 15) is 4.39 Å². The number of hydrogen-bond donors (Lipinski definition) is 1. The largest absolute Gasteiger partial charge is 0.316 e. The van der Waals surface area contributed by atoms with E-state index in [1.54, 1.807) is 6.07 Å². The van der Waals surface area contributed by atoms with Crippen LogP contribution in [0.25, 0.3) is 11.1 Å². The lowest BCUT2D eigenvalue weighted by molar-refractivity contribution is 0.624. The summed E-state index contributed by atoms with van der Waals surface area (Å²) in [6.07, 6.45) is 2.02. The highest BCUT2D eigenvalue weighted by Gasteiger charge is 2.11. The average Bonchev–Trinajstić information content (AvgIpc) is 2.71. The van der Waals surface area contributed by atoms with Gasteiger partial charge in [-0.2, -0.15) is 5.10 Å². The second kappa shape index (κ2) is 5.31. The number of nitrogens with zero attached hydrogens (tertiary/aromatic N) is 2. The number of hydrogen-bond acceptors (Lipinski definition) is 2. The molecule has 0 aliphatic rings. The summed E-state index contributed by atoms with van der Waals surface area (Å²) in [7, 11) is 1.86. The molecule has 1 N–H and O–H groups in total. The fourth-order valence-electron chi connectivity index (χ4n) is 2.11. The first-order valence-corrected chi connectivity index (χ1v) is 6.13. The Hall–Kier alpha value is -1.68. The normalized spacial score (nSPS) is 10.9. The van der Waals surface area contributed by atoms with Gasteiger partial charge >= 0.3 is 0 Å². The van der Waals surface area contributed by atoms with Gasteiger partial charge in [0.05, 0.1) is 5.69 Å². The molecule has 0 radical (unpaired) electrons. The van der Waals surface area contributed by atoms with E-state index in [2.05, 4.69) is 17.3 Å². The van der Waals surface area contributed by atoms with Gasteiger partial charge in [0, 0.05) is 24.8 Å². The van der Waals surface area contributed by atoms with Gasteiger partial charge in [0.1, 0.15) is 5.82 Å². The molecule has 1 heterocycles. The number of aryl methyl sites for hydroxylation is 2. The van der Waals surface area contributed by atoms with Crippen molar-refractivity contribution in [3.8, 4) is 11.1 Å². The fourth-order valence-corrected chi connectivity index (χ4v) is 2.11. The molecule has 0 bridgehead atoms. The van der Waals surface area contributed by atoms with Crippen molar-refractivity contribution in [3.05, 3.63) is 41.5 Å². The van der Waals surface area contributed by atoms with Crippen molar-refractivity contribution in [1.82, 2.24) is 15.1 Å². The summed E-state index contributed by atoms with van der Waals surface area (Å²) in [5, 5.41) is 7.50. The summed E-state index contributed by atoms with van der Waals surface area (Å²) >= 11 is 0. The zero-order valence-electron chi connectivity index (χ0n) is 11.0. The third-order valence-electron chi connectivity index (χ3n) is 3.00. The van der Waals surface area contributed by atoms with E-state index >= 15 is 0 Å². The first-order chi connectivity index (χ1) is 8.65. The Labute approximate surface area is 107 Å². The molecule has 0 aliphatic carbocycles. The lowest BCUT2D eigenvalue weighted by Crippen LogP contribution is -2.06. The van der Waals surface area contributed by atoms with E-state index < -0.39 is 0 Å². The molecule has 0 saturated carbocycles. The van der Waals surface area contributed by atoms with Gasteiger partial charge in [0.25, 0.3) is 0 Å². The van der Waals surface area contributed by atoms with Gasteiger partial charge in [-0.25, -0.2) is 4.39 Å². The Kier molecular flexibility index (Phi) is 3.77. The van der Waals surface area contributed by atoms with Gasteiger partial charge in [-0.05, 0) is 44.2 Å². The van der Waals surface area contributed by atoms with Crippen LogP contribution in [0.4, 0.5) is 4.39 Å². The van der Waals surface area contributed by atoms with Crippen LogP contribution in [0.1, 0.15) is 18.2 Å². The number of benzene rings is 1. The van der Waals surface area contributed by atoms with Crippen LogP contribution in [0.2, 0.25) is 0 Å². The molecule has 0 atom stereocenters. The second-order valence-corrected chi connectivity index (χ2v) is 4.32. The number of aromatic nitrogens is 2. The SMILES string of the molecule is CCn1cc(-c2ccc(F)cc2CNC)c(C)n1. The molecule has 0 fully saturated rings. The van der Waals surface area contributed by atoms with Crippen LogP contribution < -0.4 is 5.32 Å². The van der Waals surface area contributed by atoms with E-state index in [-0.39, 0.29) is 5.82 Å². The number of nitrogens with one attached hydrogen (secondary N) is 1. The Morgan fingerprint density at radius 1 is 1.33 bits per heavy atom. The molecule has 0 saturated heterocycles. The van der Waals surface area contributed by atoms with Gasteiger partial charge < -0.3 is 5.32 Å². The Bertz CT molecular complexity index is 546. The second-order valence-electron chi connectivity index (χ2n) is 4.32. The lowest BCUT2D eigenvalue weighted by Gasteiger charge is -2.08. The van der Waals surface area contributed by atoms with Crippen molar-refractivity contribution in [1.29, 1.82) is 0 Å². The standard InChI is InChI=1S/C14H18FN3/c1-4-18-9-14(10(2)17-18)13-6-5-12(15)7-11(13)8-16-3/h5-7,9,16H,4,8H2,1-3H3. The molecule has 2 aromatic rings. The topological polar surface area (TPSA) is 29.9 Å². The number of halogens is 1. The molecule has 0 unspecified atom stereocenters. The van der Waals surface area contributed by atoms with Crippen LogP contribution >= 0.6 is 0 Å². The Morgan fingerprint density at radius 2 is 2.11 bits per heavy atom. The van der Waals surface area contributed by atoms with Gasteiger partial charge in [-0.1, -0.05) is 6.07 Å². The Morgan fingerprint density at radius 3 is 2.72 bits per heavy atom. The minimum atomic E-state index is -0.204. The highest BCUT2D eigenvalue weighted by Crippen LogP contribution is 2.27. The fraction of sp³-hybridized carbons (Fsp3) is 0.357. The van der Waals surface area contributed by atoms with Gasteiger partial charge in [-0.3, -0.25) is 4.68 Å². The molecule has 3 nitrogen and oxygen atoms in total. The van der Waals surface area contributed by atoms with Gasteiger partial charge in [0.15, 0.2) is 0 Å². The summed E-state index contributed by atoms with van der Waals surface area (Å²) in [6, 6.07) is 4.90. The van der Waals surface area contributed by atoms with E-state index in [0.29, 0.717) is 6.54 Å². The van der Waals surface area contributed by atoms with E-state index in [1.807, 2.05) is 30.9 Å². The van der Waals surface area contributed by atoms with Crippen LogP contribution in [-0.4, -0.2) is 16.8 Å². The smallest absolute Gasteiger partial charge is 0.123 e. The quantitative estimate of drug-likeness (QED) is 0.900. The summed E-state index contributed by atoms with van der Waals surface area (Å²) in [5.74, 6) is -0.204. The van der Waals surface area contributed by atoms with Gasteiger partial charge in [0.2, 0.25) is 0 Å². The van der Waals surface area contributed by atoms with Crippen molar-refractivity contribution in [2.45, 2.75) is 26.9 Å². The molecule has 2 rings (SSSR count). The zero-order chi connectivity index (χ0) is 13.1. The van der Waals surface area contributed by atoms with Crippen LogP contribution in [0.15, 0.2) is 24.4 Å². The summed E-state index contributed by atoms with van der Waals surface area (Å²) in [4.78, 5) is 0. The summed E-state index contributed by atoms with van der Waals surface area (Å²) in [5.41, 5.74) is 4.04. The third-order valence-corrected chi connectivity index (χ3v) is 3.00.